The highest BCUT2D eigenvalue weighted by atomic mass is 35.5. The van der Waals surface area contributed by atoms with E-state index in [-0.39, 0.29) is 10.0 Å². The molecule has 7 nitrogen and oxygen atoms in total. The van der Waals surface area contributed by atoms with Gasteiger partial charge in [-0.05, 0) is 26.0 Å². The molecule has 2 N–H and O–H groups in total. The van der Waals surface area contributed by atoms with Crippen LogP contribution in [0.25, 0.3) is 11.0 Å². The van der Waals surface area contributed by atoms with Crippen LogP contribution in [0.2, 0.25) is 10.0 Å². The molecule has 140 valence electrons. The summed E-state index contributed by atoms with van der Waals surface area (Å²) in [5.41, 5.74) is -1.96. The summed E-state index contributed by atoms with van der Waals surface area (Å²) < 4.78 is 21.8. The lowest BCUT2D eigenvalue weighted by molar-refractivity contribution is -0.160. The molecule has 3 rings (SSSR count). The Morgan fingerprint density at radius 3 is 2.54 bits per heavy atom. The molecule has 0 bridgehead atoms. The minimum absolute atomic E-state index is 0.191. The van der Waals surface area contributed by atoms with Gasteiger partial charge in [-0.2, -0.15) is 0 Å². The standard InChI is InChI=1S/C16H15Cl2FN2O5/c1-6(22)12(24)14-16(25,7(2)23)13(19)15(26-14)21-5-20-10-3-8(17)9(18)4-11(10)21/h3-5,12-15,24-25H,1-2H3/t12?,13-,14-,15-,16+/m1/s1. The highest BCUT2D eigenvalue weighted by Gasteiger charge is 2.63. The Labute approximate surface area is 157 Å². The van der Waals surface area contributed by atoms with Gasteiger partial charge in [0.25, 0.3) is 0 Å². The first-order valence-corrected chi connectivity index (χ1v) is 8.37. The fourth-order valence-electron chi connectivity index (χ4n) is 3.05. The van der Waals surface area contributed by atoms with E-state index >= 15 is 4.39 Å². The second-order valence-corrected chi connectivity index (χ2v) is 7.01. The third kappa shape index (κ3) is 2.73. The second kappa shape index (κ2) is 6.54. The van der Waals surface area contributed by atoms with Crippen molar-refractivity contribution in [2.45, 2.75) is 44.1 Å². The van der Waals surface area contributed by atoms with Gasteiger partial charge in [0.05, 0.1) is 27.4 Å². The minimum atomic E-state index is -2.69. The summed E-state index contributed by atoms with van der Waals surface area (Å²) >= 11 is 11.9. The lowest BCUT2D eigenvalue weighted by atomic mass is 9.85. The van der Waals surface area contributed by atoms with Crippen molar-refractivity contribution in [1.82, 2.24) is 9.55 Å². The van der Waals surface area contributed by atoms with Crippen LogP contribution in [-0.2, 0) is 14.3 Å². The van der Waals surface area contributed by atoms with E-state index in [1.54, 1.807) is 0 Å². The van der Waals surface area contributed by atoms with E-state index in [9.17, 15) is 19.8 Å². The van der Waals surface area contributed by atoms with E-state index in [1.165, 1.54) is 23.0 Å². The van der Waals surface area contributed by atoms with E-state index in [0.29, 0.717) is 11.0 Å². The second-order valence-electron chi connectivity index (χ2n) is 6.19. The first-order valence-electron chi connectivity index (χ1n) is 7.62. The SMILES string of the molecule is CC(=O)C(O)[C@H]1O[C@@H](n2cnc3cc(Cl)c(Cl)cc32)[C@@H](F)[C@@]1(O)C(C)=O. The average molecular weight is 405 g/mol. The molecule has 1 fully saturated rings. The van der Waals surface area contributed by atoms with Gasteiger partial charge in [0.15, 0.2) is 29.6 Å². The highest BCUT2D eigenvalue weighted by Crippen LogP contribution is 2.43. The monoisotopic (exact) mass is 404 g/mol. The summed E-state index contributed by atoms with van der Waals surface area (Å²) in [6.45, 7) is 2.00. The third-order valence-electron chi connectivity index (χ3n) is 4.55. The summed E-state index contributed by atoms with van der Waals surface area (Å²) in [7, 11) is 0. The van der Waals surface area contributed by atoms with Crippen LogP contribution in [0.15, 0.2) is 18.5 Å². The van der Waals surface area contributed by atoms with Crippen LogP contribution in [0, 0.1) is 0 Å². The van der Waals surface area contributed by atoms with Crippen LogP contribution in [0.1, 0.15) is 20.1 Å². The first-order chi connectivity index (χ1) is 12.1. The van der Waals surface area contributed by atoms with E-state index in [0.717, 1.165) is 13.8 Å². The number of hydrogen-bond donors (Lipinski definition) is 2. The van der Waals surface area contributed by atoms with Gasteiger partial charge in [0.2, 0.25) is 0 Å². The molecular weight excluding hydrogens is 390 g/mol. The lowest BCUT2D eigenvalue weighted by Crippen LogP contribution is -2.57. The molecule has 0 spiro atoms. The quantitative estimate of drug-likeness (QED) is 0.805. The zero-order valence-corrected chi connectivity index (χ0v) is 15.2. The maximum Gasteiger partial charge on any atom is 0.187 e. The number of aliphatic hydroxyl groups excluding tert-OH is 1. The van der Waals surface area contributed by atoms with Gasteiger partial charge in [0, 0.05) is 0 Å². The summed E-state index contributed by atoms with van der Waals surface area (Å²) in [5.74, 6) is -1.74. The Bertz CT molecular complexity index is 904. The molecule has 1 aliphatic heterocycles. The number of aliphatic hydroxyl groups is 2. The molecule has 1 aliphatic rings. The number of imidazole rings is 1. The van der Waals surface area contributed by atoms with Gasteiger partial charge >= 0.3 is 0 Å². The van der Waals surface area contributed by atoms with Crippen molar-refractivity contribution in [2.75, 3.05) is 0 Å². The van der Waals surface area contributed by atoms with Crippen molar-refractivity contribution < 1.29 is 28.9 Å². The van der Waals surface area contributed by atoms with E-state index < -0.39 is 41.8 Å². The van der Waals surface area contributed by atoms with Gasteiger partial charge in [-0.1, -0.05) is 23.2 Å². The molecule has 0 amide bonds. The van der Waals surface area contributed by atoms with Gasteiger partial charge in [-0.3, -0.25) is 9.59 Å². The maximum atomic E-state index is 15.1. The molecule has 0 aliphatic carbocycles. The van der Waals surface area contributed by atoms with E-state index in [1.807, 2.05) is 0 Å². The number of carbonyl (C=O) groups excluding carboxylic acids is 2. The molecule has 0 radical (unpaired) electrons. The van der Waals surface area contributed by atoms with Gasteiger partial charge in [-0.15, -0.1) is 0 Å². The largest absolute Gasteiger partial charge is 0.382 e. The van der Waals surface area contributed by atoms with Crippen molar-refractivity contribution in [1.29, 1.82) is 0 Å². The molecule has 0 saturated carbocycles. The van der Waals surface area contributed by atoms with Crippen molar-refractivity contribution in [3.8, 4) is 0 Å². The van der Waals surface area contributed by atoms with Gasteiger partial charge in [-0.25, -0.2) is 9.37 Å². The fourth-order valence-corrected chi connectivity index (χ4v) is 3.37. The van der Waals surface area contributed by atoms with Crippen LogP contribution < -0.4 is 0 Å². The number of benzene rings is 1. The van der Waals surface area contributed by atoms with Crippen LogP contribution in [0.5, 0.6) is 0 Å². The van der Waals surface area contributed by atoms with E-state index in [2.05, 4.69) is 4.98 Å². The Balaban J connectivity index is 2.11. The number of nitrogens with zero attached hydrogens (tertiary/aromatic N) is 2. The molecule has 10 heteroatoms. The third-order valence-corrected chi connectivity index (χ3v) is 5.27. The fraction of sp³-hybridized carbons (Fsp3) is 0.438. The van der Waals surface area contributed by atoms with Crippen molar-refractivity contribution in [3.63, 3.8) is 0 Å². The number of Topliss-reactive ketones (excluding diaryl/α,β-unsaturated/α-hetero) is 2. The summed E-state index contributed by atoms with van der Waals surface area (Å²) in [5, 5.41) is 21.1. The highest BCUT2D eigenvalue weighted by molar-refractivity contribution is 6.42. The molecule has 26 heavy (non-hydrogen) atoms. The number of hydrogen-bond acceptors (Lipinski definition) is 6. The van der Waals surface area contributed by atoms with Gasteiger partial charge in [0.1, 0.15) is 12.2 Å². The maximum absolute atomic E-state index is 15.1. The van der Waals surface area contributed by atoms with Crippen LogP contribution in [-0.4, -0.2) is 55.3 Å². The summed E-state index contributed by atoms with van der Waals surface area (Å²) in [6.07, 6.45) is -6.17. The zero-order valence-electron chi connectivity index (χ0n) is 13.7. The number of ether oxygens (including phenoxy) is 1. The number of alkyl halides is 1. The Morgan fingerprint density at radius 1 is 1.35 bits per heavy atom. The average Bonchev–Trinajstić information content (AvgIpc) is 3.07. The van der Waals surface area contributed by atoms with Gasteiger partial charge < -0.3 is 19.5 Å². The molecule has 1 unspecified atom stereocenters. The molecule has 1 aromatic heterocycles. The van der Waals surface area contributed by atoms with Crippen LogP contribution >= 0.6 is 23.2 Å². The summed E-state index contributed by atoms with van der Waals surface area (Å²) in [6, 6.07) is 2.90. The number of fused-ring (bicyclic) bond motifs is 1. The molecule has 1 aromatic carbocycles. The first kappa shape index (κ1) is 19.2. The van der Waals surface area contributed by atoms with Crippen molar-refractivity contribution in [2.24, 2.45) is 0 Å². The lowest BCUT2D eigenvalue weighted by Gasteiger charge is -2.28. The number of aromatic nitrogens is 2. The molecule has 1 saturated heterocycles. The zero-order chi connectivity index (χ0) is 19.4. The number of ketones is 2. The minimum Gasteiger partial charge on any atom is -0.382 e. The normalized spacial score (nSPS) is 29.9. The Morgan fingerprint density at radius 2 is 1.96 bits per heavy atom. The summed E-state index contributed by atoms with van der Waals surface area (Å²) in [4.78, 5) is 27.5. The molecule has 2 heterocycles. The van der Waals surface area contributed by atoms with E-state index in [4.69, 9.17) is 27.9 Å². The van der Waals surface area contributed by atoms with Crippen LogP contribution in [0.4, 0.5) is 4.39 Å². The smallest absolute Gasteiger partial charge is 0.187 e. The molecular formula is C16H15Cl2FN2O5. The van der Waals surface area contributed by atoms with Crippen LogP contribution in [0.3, 0.4) is 0 Å². The van der Waals surface area contributed by atoms with Crippen molar-refractivity contribution in [3.05, 3.63) is 28.5 Å². The number of rotatable bonds is 4. The topological polar surface area (TPSA) is 102 Å². The number of carbonyl (C=O) groups is 2. The molecule has 2 aromatic rings. The predicted octanol–water partition coefficient (Wildman–Crippen LogP) is 1.85. The van der Waals surface area contributed by atoms with Crippen molar-refractivity contribution >= 4 is 45.8 Å². The molecule has 5 atom stereocenters. The number of halogens is 3. The Kier molecular flexibility index (Phi) is 4.83. The predicted molar refractivity (Wildman–Crippen MR) is 90.9 cm³/mol. The Hall–Kier alpha value is -1.58.